The second-order valence-electron chi connectivity index (χ2n) is 9.20. The summed E-state index contributed by atoms with van der Waals surface area (Å²) in [6.45, 7) is 5.54. The van der Waals surface area contributed by atoms with Crippen molar-refractivity contribution in [3.8, 4) is 11.3 Å². The van der Waals surface area contributed by atoms with Crippen LogP contribution in [-0.4, -0.2) is 57.0 Å². The number of hydrogen-bond acceptors (Lipinski definition) is 4. The van der Waals surface area contributed by atoms with Crippen molar-refractivity contribution in [1.82, 2.24) is 24.8 Å². The lowest BCUT2D eigenvalue weighted by Gasteiger charge is -2.30. The van der Waals surface area contributed by atoms with Gasteiger partial charge in [0.25, 0.3) is 0 Å². The molecule has 0 radical (unpaired) electrons. The summed E-state index contributed by atoms with van der Waals surface area (Å²) in [5, 5.41) is 9.37. The lowest BCUT2D eigenvalue weighted by molar-refractivity contribution is 0.169. The summed E-state index contributed by atoms with van der Waals surface area (Å²) < 4.78 is 2.28. The van der Waals surface area contributed by atoms with Crippen molar-refractivity contribution in [3.05, 3.63) is 71.9 Å². The normalized spacial score (nSPS) is 23.6. The third kappa shape index (κ3) is 4.14. The molecule has 0 spiro atoms. The Bertz CT molecular complexity index is 1000. The molecule has 31 heavy (non-hydrogen) atoms. The summed E-state index contributed by atoms with van der Waals surface area (Å²) >= 11 is 0. The number of aromatic nitrogens is 3. The van der Waals surface area contributed by atoms with Gasteiger partial charge in [-0.1, -0.05) is 65.9 Å². The molecule has 6 heteroatoms. The molecule has 1 aromatic heterocycles. The molecule has 0 N–H and O–H groups in total. The Morgan fingerprint density at radius 3 is 2.32 bits per heavy atom. The molecule has 3 aromatic rings. The van der Waals surface area contributed by atoms with E-state index in [-0.39, 0.29) is 12.4 Å². The van der Waals surface area contributed by atoms with Gasteiger partial charge < -0.3 is 0 Å². The number of benzene rings is 2. The molecule has 0 bridgehead atoms. The maximum atomic E-state index is 4.72. The van der Waals surface area contributed by atoms with Crippen LogP contribution in [0.2, 0.25) is 0 Å². The molecule has 3 heterocycles. The predicted molar refractivity (Wildman–Crippen MR) is 125 cm³/mol. The number of rotatable bonds is 5. The van der Waals surface area contributed by atoms with E-state index in [4.69, 9.17) is 5.21 Å². The maximum absolute atomic E-state index is 4.72. The monoisotopic (exact) mass is 435 g/mol. The minimum absolute atomic E-state index is 0. The van der Waals surface area contributed by atoms with Gasteiger partial charge in [0, 0.05) is 50.7 Å². The molecule has 1 saturated heterocycles. The quantitative estimate of drug-likeness (QED) is 0.605. The minimum Gasteiger partial charge on any atom is -0.296 e. The first-order chi connectivity index (χ1) is 14.8. The van der Waals surface area contributed by atoms with Crippen LogP contribution in [0, 0.1) is 5.92 Å². The summed E-state index contributed by atoms with van der Waals surface area (Å²) in [7, 11) is 0. The van der Waals surface area contributed by atoms with Crippen LogP contribution < -0.4 is 0 Å². The molecule has 2 atom stereocenters. The molecule has 162 valence electrons. The van der Waals surface area contributed by atoms with Gasteiger partial charge in [0.2, 0.25) is 0 Å². The summed E-state index contributed by atoms with van der Waals surface area (Å²) in [5.41, 5.74) is 4.97. The van der Waals surface area contributed by atoms with Crippen molar-refractivity contribution in [3.63, 3.8) is 0 Å². The van der Waals surface area contributed by atoms with Crippen molar-refractivity contribution >= 4 is 12.4 Å². The molecular weight excluding hydrogens is 406 g/mol. The van der Waals surface area contributed by atoms with Crippen LogP contribution in [0.5, 0.6) is 0 Å². The summed E-state index contributed by atoms with van der Waals surface area (Å²) in [5.74, 6) is 0.908. The highest BCUT2D eigenvalue weighted by Crippen LogP contribution is 2.37. The van der Waals surface area contributed by atoms with Gasteiger partial charge >= 0.3 is 0 Å². The number of likely N-dealkylation sites (tertiary alicyclic amines) is 1. The number of nitrogens with zero attached hydrogens (tertiary/aromatic N) is 5. The second kappa shape index (κ2) is 8.73. The van der Waals surface area contributed by atoms with Crippen LogP contribution in [0.4, 0.5) is 0 Å². The summed E-state index contributed by atoms with van der Waals surface area (Å²) in [4.78, 5) is 5.39. The van der Waals surface area contributed by atoms with Gasteiger partial charge in [-0.3, -0.25) is 9.80 Å². The molecule has 2 aliphatic heterocycles. The fraction of sp³-hybridized carbons (Fsp3) is 0.440. The minimum atomic E-state index is 0. The number of halogens is 1. The first-order valence-electron chi connectivity index (χ1n) is 11.3. The highest BCUT2D eigenvalue weighted by Gasteiger charge is 2.43. The fourth-order valence-electron chi connectivity index (χ4n) is 5.32. The van der Waals surface area contributed by atoms with E-state index in [1.54, 1.807) is 0 Å². The van der Waals surface area contributed by atoms with Crippen LogP contribution in [0.1, 0.15) is 30.1 Å². The zero-order valence-electron chi connectivity index (χ0n) is 17.8. The first kappa shape index (κ1) is 20.7. The Morgan fingerprint density at radius 1 is 0.871 bits per heavy atom. The molecular formula is C25H30ClN5. The lowest BCUT2D eigenvalue weighted by Crippen LogP contribution is -2.42. The maximum Gasteiger partial charge on any atom is 0.116 e. The first-order valence-corrected chi connectivity index (χ1v) is 11.3. The molecule has 2 fully saturated rings. The Balaban J connectivity index is 0.00000204. The van der Waals surface area contributed by atoms with Crippen LogP contribution >= 0.6 is 12.4 Å². The van der Waals surface area contributed by atoms with Gasteiger partial charge in [-0.25, -0.2) is 4.68 Å². The molecule has 3 aliphatic rings. The van der Waals surface area contributed by atoms with Crippen LogP contribution in [-0.2, 0) is 13.0 Å². The topological polar surface area (TPSA) is 37.2 Å². The highest BCUT2D eigenvalue weighted by atomic mass is 35.5. The Kier molecular flexibility index (Phi) is 5.83. The number of fused-ring (bicyclic) bond motifs is 3. The predicted octanol–water partition coefficient (Wildman–Crippen LogP) is 4.06. The van der Waals surface area contributed by atoms with Gasteiger partial charge in [-0.2, -0.15) is 0 Å². The van der Waals surface area contributed by atoms with Crippen molar-refractivity contribution < 1.29 is 0 Å². The van der Waals surface area contributed by atoms with E-state index in [0.29, 0.717) is 12.1 Å². The number of hydrogen-bond donors (Lipinski definition) is 0. The summed E-state index contributed by atoms with van der Waals surface area (Å²) in [6.07, 6.45) is 3.85. The van der Waals surface area contributed by atoms with Gasteiger partial charge in [-0.05, 0) is 24.3 Å². The third-order valence-electron chi connectivity index (χ3n) is 7.03. The van der Waals surface area contributed by atoms with Crippen molar-refractivity contribution in [2.75, 3.05) is 26.2 Å². The molecule has 2 aromatic carbocycles. The highest BCUT2D eigenvalue weighted by molar-refractivity contribution is 5.85. The zero-order chi connectivity index (χ0) is 19.9. The van der Waals surface area contributed by atoms with Crippen molar-refractivity contribution in [2.24, 2.45) is 5.92 Å². The van der Waals surface area contributed by atoms with Crippen LogP contribution in [0.3, 0.4) is 0 Å². The van der Waals surface area contributed by atoms with Crippen LogP contribution in [0.25, 0.3) is 11.3 Å². The molecule has 0 amide bonds. The average Bonchev–Trinajstić information content (AvgIpc) is 3.39. The Labute approximate surface area is 190 Å². The van der Waals surface area contributed by atoms with E-state index >= 15 is 0 Å². The second-order valence-corrected chi connectivity index (χ2v) is 9.20. The molecule has 6 rings (SSSR count). The molecule has 1 aliphatic carbocycles. The molecule has 1 saturated carbocycles. The van der Waals surface area contributed by atoms with E-state index in [2.05, 4.69) is 80.2 Å². The third-order valence-corrected chi connectivity index (χ3v) is 7.03. The van der Waals surface area contributed by atoms with E-state index < -0.39 is 0 Å². The molecule has 0 unspecified atom stereocenters. The van der Waals surface area contributed by atoms with Crippen LogP contribution in [0.15, 0.2) is 60.7 Å². The zero-order valence-corrected chi connectivity index (χ0v) is 18.6. The van der Waals surface area contributed by atoms with E-state index in [1.165, 1.54) is 36.2 Å². The van der Waals surface area contributed by atoms with Gasteiger partial charge in [0.05, 0.1) is 11.7 Å². The standard InChI is InChI=1S/C25H29N5.ClH/c1-3-7-19(8-4-1)15-28-17-23-24(18-28)30-22(13-14-29(23)16-20-11-12-20)25(26-27-30)21-9-5-2-6-10-21;/h1-10,20,23-24H,11-18H2;1H/t23-,24+;/m1./s1. The summed E-state index contributed by atoms with van der Waals surface area (Å²) in [6, 6.07) is 22.4. The van der Waals surface area contributed by atoms with E-state index in [1.807, 2.05) is 0 Å². The Morgan fingerprint density at radius 2 is 1.58 bits per heavy atom. The molecule has 5 nitrogen and oxygen atoms in total. The van der Waals surface area contributed by atoms with Gasteiger partial charge in [-0.15, -0.1) is 17.5 Å². The Hall–Kier alpha value is -2.21. The van der Waals surface area contributed by atoms with Gasteiger partial charge in [0.15, 0.2) is 0 Å². The largest absolute Gasteiger partial charge is 0.296 e. The SMILES string of the molecule is Cl.c1ccc(CN2C[C@@H]3[C@H](C2)n2nnc(-c4ccccc4)c2CCN3CC2CC2)cc1. The van der Waals surface area contributed by atoms with Gasteiger partial charge in [0.1, 0.15) is 5.69 Å². The average molecular weight is 436 g/mol. The smallest absolute Gasteiger partial charge is 0.116 e. The van der Waals surface area contributed by atoms with Crippen molar-refractivity contribution in [1.29, 1.82) is 0 Å². The fourth-order valence-corrected chi connectivity index (χ4v) is 5.32. The van der Waals surface area contributed by atoms with E-state index in [9.17, 15) is 0 Å². The lowest BCUT2D eigenvalue weighted by atomic mass is 10.1. The van der Waals surface area contributed by atoms with Crippen molar-refractivity contribution in [2.45, 2.75) is 37.9 Å². The van der Waals surface area contributed by atoms with E-state index in [0.717, 1.165) is 44.2 Å².